The topological polar surface area (TPSA) is 48.6 Å². The monoisotopic (exact) mass is 184 g/mol. The lowest BCUT2D eigenvalue weighted by Gasteiger charge is -1.95. The Bertz CT molecular complexity index is 663. The smallest absolute Gasteiger partial charge is 0.271 e. The summed E-state index contributed by atoms with van der Waals surface area (Å²) in [5.74, 6) is 0. The third kappa shape index (κ3) is 0.893. The molecule has 1 aromatic heterocycles. The molecule has 0 bridgehead atoms. The van der Waals surface area contributed by atoms with Gasteiger partial charge in [0.05, 0.1) is 10.9 Å². The third-order valence-corrected chi connectivity index (χ3v) is 2.44. The Kier molecular flexibility index (Phi) is 1.31. The predicted octanol–water partition coefficient (Wildman–Crippen LogP) is 2.01. The van der Waals surface area contributed by atoms with Gasteiger partial charge in [0.25, 0.3) is 5.56 Å². The summed E-state index contributed by atoms with van der Waals surface area (Å²) in [6.07, 6.45) is 0. The summed E-state index contributed by atoms with van der Waals surface area (Å²) < 4.78 is 0. The molecule has 0 spiro atoms. The van der Waals surface area contributed by atoms with E-state index in [-0.39, 0.29) is 5.56 Å². The van der Waals surface area contributed by atoms with Crippen LogP contribution in [0.25, 0.3) is 21.7 Å². The van der Waals surface area contributed by atoms with Gasteiger partial charge in [0, 0.05) is 0 Å². The summed E-state index contributed by atoms with van der Waals surface area (Å²) in [6.45, 7) is 0. The maximum absolute atomic E-state index is 11.3. The van der Waals surface area contributed by atoms with E-state index in [1.807, 2.05) is 36.4 Å². The molecule has 3 rings (SSSR count). The van der Waals surface area contributed by atoms with Gasteiger partial charge < -0.3 is 0 Å². The van der Waals surface area contributed by atoms with Crippen molar-refractivity contribution in [1.29, 1.82) is 0 Å². The van der Waals surface area contributed by atoms with Gasteiger partial charge in [-0.3, -0.25) is 15.0 Å². The van der Waals surface area contributed by atoms with Gasteiger partial charge in [-0.25, -0.2) is 0 Å². The number of H-pyrrole nitrogens is 2. The average molecular weight is 184 g/mol. The highest BCUT2D eigenvalue weighted by Crippen LogP contribution is 2.18. The van der Waals surface area contributed by atoms with E-state index in [0.29, 0.717) is 5.39 Å². The van der Waals surface area contributed by atoms with Crippen molar-refractivity contribution in [2.24, 2.45) is 0 Å². The molecule has 0 aliphatic carbocycles. The number of fused-ring (bicyclic) bond motifs is 2. The lowest BCUT2D eigenvalue weighted by atomic mass is 10.1. The van der Waals surface area contributed by atoms with Crippen molar-refractivity contribution in [2.75, 3.05) is 0 Å². The highest BCUT2D eigenvalue weighted by Gasteiger charge is 2.01. The van der Waals surface area contributed by atoms with E-state index in [9.17, 15) is 4.79 Å². The number of hydrogen-bond donors (Lipinski definition) is 2. The molecule has 3 heteroatoms. The second-order valence-corrected chi connectivity index (χ2v) is 3.32. The van der Waals surface area contributed by atoms with Gasteiger partial charge in [-0.1, -0.05) is 24.3 Å². The zero-order valence-corrected chi connectivity index (χ0v) is 7.37. The SMILES string of the molecule is O=c1[nH][nH]c2cc3ccccc3cc12. The zero-order valence-electron chi connectivity index (χ0n) is 7.37. The van der Waals surface area contributed by atoms with Crippen molar-refractivity contribution in [3.05, 3.63) is 46.8 Å². The standard InChI is InChI=1S/C11H8N2O/c14-11-9-5-7-3-1-2-4-8(7)6-10(9)12-13-11/h1-6H,(H2,12,13,14). The van der Waals surface area contributed by atoms with E-state index < -0.39 is 0 Å². The molecule has 3 aromatic rings. The molecular weight excluding hydrogens is 176 g/mol. The molecule has 14 heavy (non-hydrogen) atoms. The van der Waals surface area contributed by atoms with Gasteiger partial charge in [-0.2, -0.15) is 0 Å². The van der Waals surface area contributed by atoms with E-state index in [1.54, 1.807) is 0 Å². The number of hydrogen-bond acceptors (Lipinski definition) is 1. The first-order chi connectivity index (χ1) is 6.84. The Morgan fingerprint density at radius 3 is 2.43 bits per heavy atom. The Hall–Kier alpha value is -2.03. The second-order valence-electron chi connectivity index (χ2n) is 3.32. The van der Waals surface area contributed by atoms with Crippen LogP contribution in [0.4, 0.5) is 0 Å². The summed E-state index contributed by atoms with van der Waals surface area (Å²) in [5, 5.41) is 8.35. The normalized spacial score (nSPS) is 11.1. The van der Waals surface area contributed by atoms with Crippen molar-refractivity contribution in [1.82, 2.24) is 10.2 Å². The minimum Gasteiger partial charge on any atom is -0.298 e. The zero-order chi connectivity index (χ0) is 9.54. The fraction of sp³-hybridized carbons (Fsp3) is 0. The average Bonchev–Trinajstić information content (AvgIpc) is 2.57. The van der Waals surface area contributed by atoms with Crippen molar-refractivity contribution in [3.63, 3.8) is 0 Å². The Morgan fingerprint density at radius 2 is 1.64 bits per heavy atom. The van der Waals surface area contributed by atoms with Crippen LogP contribution in [0, 0.1) is 0 Å². The Morgan fingerprint density at radius 1 is 0.929 bits per heavy atom. The van der Waals surface area contributed by atoms with E-state index in [2.05, 4.69) is 10.2 Å². The lowest BCUT2D eigenvalue weighted by Crippen LogP contribution is -1.96. The van der Waals surface area contributed by atoms with Crippen molar-refractivity contribution >= 4 is 21.7 Å². The first-order valence-corrected chi connectivity index (χ1v) is 4.44. The van der Waals surface area contributed by atoms with Crippen LogP contribution in [0.1, 0.15) is 0 Å². The van der Waals surface area contributed by atoms with Crippen LogP contribution >= 0.6 is 0 Å². The first-order valence-electron chi connectivity index (χ1n) is 4.44. The molecule has 2 N–H and O–H groups in total. The van der Waals surface area contributed by atoms with E-state index >= 15 is 0 Å². The number of benzene rings is 2. The fourth-order valence-electron chi connectivity index (χ4n) is 1.72. The highest BCUT2D eigenvalue weighted by molar-refractivity contribution is 5.96. The summed E-state index contributed by atoms with van der Waals surface area (Å²) in [4.78, 5) is 11.3. The molecule has 3 nitrogen and oxygen atoms in total. The number of aromatic amines is 2. The predicted molar refractivity (Wildman–Crippen MR) is 56.4 cm³/mol. The maximum Gasteiger partial charge on any atom is 0.271 e. The summed E-state index contributed by atoms with van der Waals surface area (Å²) >= 11 is 0. The molecule has 1 heterocycles. The van der Waals surface area contributed by atoms with Crippen LogP contribution < -0.4 is 5.56 Å². The number of aromatic nitrogens is 2. The summed E-state index contributed by atoms with van der Waals surface area (Å²) in [5.41, 5.74) is 0.791. The minimum absolute atomic E-state index is 0.0641. The first kappa shape index (κ1) is 7.38. The quantitative estimate of drug-likeness (QED) is 0.551. The molecule has 68 valence electrons. The number of nitrogens with one attached hydrogen (secondary N) is 2. The second kappa shape index (κ2) is 2.48. The molecule has 0 unspecified atom stereocenters. The molecule has 0 aliphatic rings. The van der Waals surface area contributed by atoms with Crippen LogP contribution in [0.5, 0.6) is 0 Å². The van der Waals surface area contributed by atoms with Crippen LogP contribution in [0.2, 0.25) is 0 Å². The van der Waals surface area contributed by atoms with Crippen LogP contribution in [0.15, 0.2) is 41.2 Å². The van der Waals surface area contributed by atoms with Crippen molar-refractivity contribution in [2.45, 2.75) is 0 Å². The number of rotatable bonds is 0. The molecule has 0 aliphatic heterocycles. The molecule has 2 aromatic carbocycles. The molecular formula is C11H8N2O. The molecule has 0 fully saturated rings. The van der Waals surface area contributed by atoms with E-state index in [0.717, 1.165) is 16.3 Å². The van der Waals surface area contributed by atoms with Crippen molar-refractivity contribution < 1.29 is 0 Å². The van der Waals surface area contributed by atoms with Gasteiger partial charge in [0.2, 0.25) is 0 Å². The van der Waals surface area contributed by atoms with E-state index in [1.165, 1.54) is 0 Å². The van der Waals surface area contributed by atoms with Gasteiger partial charge in [0.15, 0.2) is 0 Å². The fourth-order valence-corrected chi connectivity index (χ4v) is 1.72. The summed E-state index contributed by atoms with van der Waals surface area (Å²) in [6, 6.07) is 11.9. The van der Waals surface area contributed by atoms with Gasteiger partial charge >= 0.3 is 0 Å². The third-order valence-electron chi connectivity index (χ3n) is 2.44. The largest absolute Gasteiger partial charge is 0.298 e. The maximum atomic E-state index is 11.3. The molecule has 0 saturated carbocycles. The highest BCUT2D eigenvalue weighted by atomic mass is 16.1. The Labute approximate surface area is 79.4 Å². The van der Waals surface area contributed by atoms with Crippen molar-refractivity contribution in [3.8, 4) is 0 Å². The summed E-state index contributed by atoms with van der Waals surface area (Å²) in [7, 11) is 0. The molecule has 0 amide bonds. The molecule has 0 radical (unpaired) electrons. The van der Waals surface area contributed by atoms with Gasteiger partial charge in [0.1, 0.15) is 0 Å². The van der Waals surface area contributed by atoms with Crippen LogP contribution in [-0.4, -0.2) is 10.2 Å². The van der Waals surface area contributed by atoms with Gasteiger partial charge in [-0.15, -0.1) is 0 Å². The van der Waals surface area contributed by atoms with E-state index in [4.69, 9.17) is 0 Å². The minimum atomic E-state index is -0.0641. The van der Waals surface area contributed by atoms with Crippen LogP contribution in [0.3, 0.4) is 0 Å². The van der Waals surface area contributed by atoms with Gasteiger partial charge in [-0.05, 0) is 22.9 Å². The molecule has 0 atom stereocenters. The molecule has 0 saturated heterocycles. The lowest BCUT2D eigenvalue weighted by molar-refractivity contribution is 1.08. The van der Waals surface area contributed by atoms with Crippen LogP contribution in [-0.2, 0) is 0 Å². The Balaban J connectivity index is 2.61.